The highest BCUT2D eigenvalue weighted by Gasteiger charge is 2.99. The lowest BCUT2D eigenvalue weighted by molar-refractivity contribution is -0.536. The lowest BCUT2D eigenvalue weighted by Crippen LogP contribution is -2.95. The van der Waals surface area contributed by atoms with Gasteiger partial charge in [0.25, 0.3) is 0 Å². The van der Waals surface area contributed by atoms with E-state index >= 15 is 0 Å². The number of fused-ring (bicyclic) bond motifs is 2. The predicted octanol–water partition coefficient (Wildman–Crippen LogP) is 3.38. The second kappa shape index (κ2) is 4.61. The minimum atomic E-state index is -0.458. The van der Waals surface area contributed by atoms with Gasteiger partial charge >= 0.3 is 0 Å². The molecule has 0 aromatic carbocycles. The zero-order valence-electron chi connectivity index (χ0n) is 17.6. The second-order valence-corrected chi connectivity index (χ2v) is 12.1. The van der Waals surface area contributed by atoms with E-state index in [2.05, 4.69) is 6.92 Å². The van der Waals surface area contributed by atoms with Gasteiger partial charge in [-0.05, 0) is 67.1 Å². The molecular weight excluding hydrogens is 368 g/mol. The van der Waals surface area contributed by atoms with E-state index in [9.17, 15) is 5.11 Å². The van der Waals surface area contributed by atoms with Crippen LogP contribution in [0.15, 0.2) is 0 Å². The van der Waals surface area contributed by atoms with Crippen molar-refractivity contribution in [1.29, 1.82) is 0 Å². The third-order valence-electron chi connectivity index (χ3n) is 12.6. The number of hydrogen-bond donors (Lipinski definition) is 1. The number of rotatable bonds is 0. The summed E-state index contributed by atoms with van der Waals surface area (Å²) in [5.74, 6) is -0.202. The molecule has 6 saturated carbocycles. The maximum absolute atomic E-state index is 11.9. The van der Waals surface area contributed by atoms with E-state index in [0.29, 0.717) is 30.0 Å². The van der Waals surface area contributed by atoms with Crippen LogP contribution in [-0.4, -0.2) is 49.2 Å². The van der Waals surface area contributed by atoms with E-state index in [1.165, 1.54) is 38.5 Å². The average molecular weight is 403 g/mol. The summed E-state index contributed by atoms with van der Waals surface area (Å²) in [6.45, 7) is 5.30. The monoisotopic (exact) mass is 402 g/mol. The highest BCUT2D eigenvalue weighted by molar-refractivity contribution is 5.46. The molecule has 0 aromatic rings. The van der Waals surface area contributed by atoms with Gasteiger partial charge in [-0.1, -0.05) is 6.92 Å². The van der Waals surface area contributed by atoms with Crippen LogP contribution in [0.3, 0.4) is 0 Å². The Morgan fingerprint density at radius 3 is 2.03 bits per heavy atom. The maximum Gasteiger partial charge on any atom is 0.174 e. The van der Waals surface area contributed by atoms with Gasteiger partial charge in [0.05, 0.1) is 32.5 Å². The van der Waals surface area contributed by atoms with Gasteiger partial charge in [-0.2, -0.15) is 0 Å². The lowest BCUT2D eigenvalue weighted by atomic mass is 9.05. The first kappa shape index (κ1) is 17.4. The van der Waals surface area contributed by atoms with Crippen molar-refractivity contribution in [2.45, 2.75) is 88.8 Å². The molecule has 8 aliphatic rings. The Balaban J connectivity index is 1.30. The molecule has 6 aliphatic carbocycles. The van der Waals surface area contributed by atoms with Crippen LogP contribution in [0.5, 0.6) is 0 Å². The Morgan fingerprint density at radius 2 is 1.38 bits per heavy atom. The molecule has 8 rings (SSSR count). The van der Waals surface area contributed by atoms with Crippen LogP contribution in [-0.2, 0) is 18.9 Å². The summed E-state index contributed by atoms with van der Waals surface area (Å²) in [6.07, 6.45) is 11.2. The predicted molar refractivity (Wildman–Crippen MR) is 103 cm³/mol. The normalized spacial score (nSPS) is 62.3. The summed E-state index contributed by atoms with van der Waals surface area (Å²) in [5, 5.41) is 11.9. The minimum Gasteiger partial charge on any atom is -0.392 e. The van der Waals surface area contributed by atoms with Crippen LogP contribution in [0.2, 0.25) is 0 Å². The molecule has 6 spiro atoms. The smallest absolute Gasteiger partial charge is 0.174 e. The molecule has 0 amide bonds. The van der Waals surface area contributed by atoms with Crippen molar-refractivity contribution in [2.75, 3.05) is 26.4 Å². The Labute approximate surface area is 172 Å². The van der Waals surface area contributed by atoms with Gasteiger partial charge in [0.15, 0.2) is 11.6 Å². The fourth-order valence-corrected chi connectivity index (χ4v) is 12.1. The molecule has 0 aromatic heterocycles. The van der Waals surface area contributed by atoms with Crippen molar-refractivity contribution in [3.05, 3.63) is 0 Å². The van der Waals surface area contributed by atoms with Crippen molar-refractivity contribution in [3.8, 4) is 0 Å². The van der Waals surface area contributed by atoms with Crippen LogP contribution in [0, 0.1) is 33.0 Å². The summed E-state index contributed by atoms with van der Waals surface area (Å²) in [5.41, 5.74) is 0.954. The van der Waals surface area contributed by atoms with Crippen LogP contribution < -0.4 is 0 Å². The van der Waals surface area contributed by atoms with E-state index in [1.54, 1.807) is 0 Å². The standard InChI is InChI=1S/C24H34O5/c1-18-14-17(25)23-9-5-19(23)4-7-21(26-10-11-27-21)15-20(19)6-8-22(20,23)16(18)2-3-24(18)28-12-13-29-24/h16-17,25H,2-15H2,1H3/t16?,17-,18-,19?,20+,22?,23?/m0/s1. The Kier molecular flexibility index (Phi) is 2.76. The van der Waals surface area contributed by atoms with Gasteiger partial charge in [-0.25, -0.2) is 0 Å². The van der Waals surface area contributed by atoms with Gasteiger partial charge in [0.1, 0.15) is 0 Å². The van der Waals surface area contributed by atoms with Crippen molar-refractivity contribution in [1.82, 2.24) is 0 Å². The van der Waals surface area contributed by atoms with Crippen LogP contribution in [0.4, 0.5) is 0 Å². The molecule has 0 radical (unpaired) electrons. The number of aliphatic hydroxyl groups excluding tert-OH is 1. The highest BCUT2D eigenvalue weighted by atomic mass is 16.7. The molecule has 0 bridgehead atoms. The third-order valence-corrected chi connectivity index (χ3v) is 12.6. The third kappa shape index (κ3) is 1.31. The SMILES string of the molecule is C[C@]12C[C@H](O)C34CCC35CCC3(C[C@]56CCC46C1CCC21OCCO1)OCCO3. The minimum absolute atomic E-state index is 0.0780. The molecule has 8 fully saturated rings. The molecule has 2 heterocycles. The molecule has 5 heteroatoms. The summed E-state index contributed by atoms with van der Waals surface area (Å²) in [4.78, 5) is 0. The van der Waals surface area contributed by atoms with Crippen molar-refractivity contribution in [3.63, 3.8) is 0 Å². The van der Waals surface area contributed by atoms with Gasteiger partial charge in [-0.3, -0.25) is 0 Å². The van der Waals surface area contributed by atoms with Gasteiger partial charge in [0.2, 0.25) is 0 Å². The molecule has 1 N–H and O–H groups in total. The Morgan fingerprint density at radius 1 is 0.724 bits per heavy atom. The van der Waals surface area contributed by atoms with Gasteiger partial charge in [0, 0.05) is 30.1 Å². The van der Waals surface area contributed by atoms with Crippen molar-refractivity contribution >= 4 is 0 Å². The molecule has 160 valence electrons. The summed E-state index contributed by atoms with van der Waals surface area (Å²) in [6, 6.07) is 0. The van der Waals surface area contributed by atoms with E-state index in [-0.39, 0.29) is 28.1 Å². The van der Waals surface area contributed by atoms with Crippen molar-refractivity contribution in [2.24, 2.45) is 33.0 Å². The van der Waals surface area contributed by atoms with E-state index < -0.39 is 5.79 Å². The summed E-state index contributed by atoms with van der Waals surface area (Å²) < 4.78 is 25.3. The van der Waals surface area contributed by atoms with E-state index in [4.69, 9.17) is 18.9 Å². The van der Waals surface area contributed by atoms with Gasteiger partial charge in [-0.15, -0.1) is 0 Å². The zero-order valence-corrected chi connectivity index (χ0v) is 17.6. The Bertz CT molecular complexity index is 801. The maximum atomic E-state index is 11.9. The first-order valence-corrected chi connectivity index (χ1v) is 12.2. The fourth-order valence-electron chi connectivity index (χ4n) is 12.1. The second-order valence-electron chi connectivity index (χ2n) is 12.1. The quantitative estimate of drug-likeness (QED) is 0.673. The fraction of sp³-hybridized carbons (Fsp3) is 1.00. The first-order valence-electron chi connectivity index (χ1n) is 12.2. The number of aliphatic hydroxyl groups is 1. The molecule has 5 nitrogen and oxygen atoms in total. The molecular formula is C24H34O5. The molecule has 7 atom stereocenters. The summed E-state index contributed by atoms with van der Waals surface area (Å²) >= 11 is 0. The number of ether oxygens (including phenoxy) is 4. The van der Waals surface area contributed by atoms with Crippen LogP contribution in [0.25, 0.3) is 0 Å². The Hall–Kier alpha value is -0.200. The van der Waals surface area contributed by atoms with Gasteiger partial charge < -0.3 is 24.1 Å². The molecule has 4 unspecified atom stereocenters. The highest BCUT2D eigenvalue weighted by Crippen LogP contribution is 3.02. The zero-order chi connectivity index (χ0) is 19.4. The molecule has 2 aliphatic heterocycles. The van der Waals surface area contributed by atoms with Crippen LogP contribution >= 0.6 is 0 Å². The molecule has 2 saturated heterocycles. The number of hydrogen-bond acceptors (Lipinski definition) is 5. The van der Waals surface area contributed by atoms with Crippen LogP contribution in [0.1, 0.15) is 71.1 Å². The summed E-state index contributed by atoms with van der Waals surface area (Å²) in [7, 11) is 0. The van der Waals surface area contributed by atoms with E-state index in [0.717, 1.165) is 38.9 Å². The first-order chi connectivity index (χ1) is 14.0. The lowest BCUT2D eigenvalue weighted by Gasteiger charge is -2.98. The van der Waals surface area contributed by atoms with E-state index in [1.807, 2.05) is 0 Å². The average Bonchev–Trinajstić information content (AvgIpc) is 3.40. The largest absolute Gasteiger partial charge is 0.392 e. The molecule has 29 heavy (non-hydrogen) atoms. The topological polar surface area (TPSA) is 57.2 Å². The van der Waals surface area contributed by atoms with Crippen molar-refractivity contribution < 1.29 is 24.1 Å².